The molecule has 1 aromatic rings. The molecule has 1 nitrogen and oxygen atoms in total. The summed E-state index contributed by atoms with van der Waals surface area (Å²) in [6.45, 7) is 1.70. The van der Waals surface area contributed by atoms with Gasteiger partial charge in [-0.05, 0) is 37.6 Å². The Kier molecular flexibility index (Phi) is 4.83. The molecular weight excluding hydrogens is 305 g/mol. The van der Waals surface area contributed by atoms with E-state index in [2.05, 4.69) is 20.8 Å². The van der Waals surface area contributed by atoms with Gasteiger partial charge in [-0.3, -0.25) is 4.90 Å². The Labute approximate surface area is 115 Å². The van der Waals surface area contributed by atoms with Gasteiger partial charge in [-0.2, -0.15) is 0 Å². The summed E-state index contributed by atoms with van der Waals surface area (Å²) in [4.78, 5) is 2.34. The van der Waals surface area contributed by atoms with Crippen molar-refractivity contribution in [3.05, 3.63) is 34.6 Å². The van der Waals surface area contributed by atoms with Gasteiger partial charge in [0, 0.05) is 28.5 Å². The van der Waals surface area contributed by atoms with Crippen LogP contribution in [0.3, 0.4) is 0 Å². The maximum Gasteiger partial charge on any atom is 0.127 e. The fraction of sp³-hybridized carbons (Fsp3) is 0.538. The Bertz CT molecular complexity index is 386. The van der Waals surface area contributed by atoms with Crippen LogP contribution in [0.1, 0.15) is 24.8 Å². The Morgan fingerprint density at radius 2 is 2.24 bits per heavy atom. The summed E-state index contributed by atoms with van der Waals surface area (Å²) in [5.74, 6) is -0.159. The minimum absolute atomic E-state index is 0.159. The van der Waals surface area contributed by atoms with E-state index in [1.54, 1.807) is 12.1 Å². The van der Waals surface area contributed by atoms with Crippen LogP contribution in [0.2, 0.25) is 5.02 Å². The minimum Gasteiger partial charge on any atom is -0.295 e. The molecule has 4 heteroatoms. The molecule has 1 aliphatic heterocycles. The van der Waals surface area contributed by atoms with Crippen molar-refractivity contribution in [1.82, 2.24) is 4.90 Å². The van der Waals surface area contributed by atoms with Gasteiger partial charge in [0.25, 0.3) is 0 Å². The second-order valence-corrected chi connectivity index (χ2v) is 5.59. The number of hydrogen-bond acceptors (Lipinski definition) is 1. The smallest absolute Gasteiger partial charge is 0.127 e. The molecule has 1 aromatic carbocycles. The van der Waals surface area contributed by atoms with E-state index in [0.29, 0.717) is 23.2 Å². The minimum atomic E-state index is -0.159. The molecule has 17 heavy (non-hydrogen) atoms. The number of halogens is 3. The Balaban J connectivity index is 2.10. The summed E-state index contributed by atoms with van der Waals surface area (Å²) < 4.78 is 13.7. The lowest BCUT2D eigenvalue weighted by Gasteiger charge is -2.34. The standard InChI is InChI=1S/C13H16BrClFN/c14-8-12-3-1-2-6-17(12)9-10-7-11(15)4-5-13(10)16/h4-5,7,12H,1-3,6,8-9H2. The molecule has 94 valence electrons. The molecule has 0 bridgehead atoms. The Morgan fingerprint density at radius 3 is 3.00 bits per heavy atom. The zero-order chi connectivity index (χ0) is 12.3. The molecule has 1 fully saturated rings. The summed E-state index contributed by atoms with van der Waals surface area (Å²) in [6, 6.07) is 5.29. The number of nitrogens with zero attached hydrogens (tertiary/aromatic N) is 1. The number of hydrogen-bond donors (Lipinski definition) is 0. The van der Waals surface area contributed by atoms with Crippen molar-refractivity contribution in [2.75, 3.05) is 11.9 Å². The number of alkyl halides is 1. The van der Waals surface area contributed by atoms with Gasteiger partial charge < -0.3 is 0 Å². The van der Waals surface area contributed by atoms with Gasteiger partial charge in [-0.1, -0.05) is 34.0 Å². The number of piperidine rings is 1. The van der Waals surface area contributed by atoms with Crippen LogP contribution in [0, 0.1) is 5.82 Å². The normalized spacial score (nSPS) is 21.7. The zero-order valence-electron chi connectivity index (χ0n) is 9.63. The van der Waals surface area contributed by atoms with Crippen LogP contribution in [0.4, 0.5) is 4.39 Å². The van der Waals surface area contributed by atoms with Crippen LogP contribution in [0.5, 0.6) is 0 Å². The molecule has 1 saturated heterocycles. The van der Waals surface area contributed by atoms with Gasteiger partial charge in [0.05, 0.1) is 0 Å². The number of rotatable bonds is 3. The van der Waals surface area contributed by atoms with Crippen molar-refractivity contribution in [3.8, 4) is 0 Å². The number of benzene rings is 1. The predicted octanol–water partition coefficient (Wildman–Crippen LogP) is 4.23. The second kappa shape index (κ2) is 6.17. The quantitative estimate of drug-likeness (QED) is 0.753. The first kappa shape index (κ1) is 13.3. The van der Waals surface area contributed by atoms with Crippen molar-refractivity contribution in [3.63, 3.8) is 0 Å². The highest BCUT2D eigenvalue weighted by Gasteiger charge is 2.22. The van der Waals surface area contributed by atoms with E-state index in [4.69, 9.17) is 11.6 Å². The fourth-order valence-corrected chi connectivity index (χ4v) is 3.25. The van der Waals surface area contributed by atoms with Crippen molar-refractivity contribution >= 4 is 27.5 Å². The predicted molar refractivity (Wildman–Crippen MR) is 73.3 cm³/mol. The zero-order valence-corrected chi connectivity index (χ0v) is 12.0. The van der Waals surface area contributed by atoms with Gasteiger partial charge in [0.1, 0.15) is 5.82 Å². The van der Waals surface area contributed by atoms with Gasteiger partial charge in [0.2, 0.25) is 0 Å². The van der Waals surface area contributed by atoms with Crippen LogP contribution >= 0.6 is 27.5 Å². The van der Waals surface area contributed by atoms with Gasteiger partial charge in [-0.25, -0.2) is 4.39 Å². The lowest BCUT2D eigenvalue weighted by atomic mass is 10.0. The molecule has 0 N–H and O–H groups in total. The van der Waals surface area contributed by atoms with Crippen molar-refractivity contribution < 1.29 is 4.39 Å². The third-order valence-electron chi connectivity index (χ3n) is 3.31. The van der Waals surface area contributed by atoms with E-state index >= 15 is 0 Å². The van der Waals surface area contributed by atoms with E-state index in [1.165, 1.54) is 25.3 Å². The maximum absolute atomic E-state index is 13.7. The molecule has 0 spiro atoms. The van der Waals surface area contributed by atoms with Crippen LogP contribution < -0.4 is 0 Å². The SMILES string of the molecule is Fc1ccc(Cl)cc1CN1CCCCC1CBr. The highest BCUT2D eigenvalue weighted by atomic mass is 79.9. The van der Waals surface area contributed by atoms with E-state index in [9.17, 15) is 4.39 Å². The van der Waals surface area contributed by atoms with Crippen molar-refractivity contribution in [2.24, 2.45) is 0 Å². The highest BCUT2D eigenvalue weighted by Crippen LogP contribution is 2.23. The lowest BCUT2D eigenvalue weighted by molar-refractivity contribution is 0.155. The van der Waals surface area contributed by atoms with Gasteiger partial charge in [-0.15, -0.1) is 0 Å². The first-order chi connectivity index (χ1) is 8.20. The Hall–Kier alpha value is -0.120. The Morgan fingerprint density at radius 1 is 1.41 bits per heavy atom. The van der Waals surface area contributed by atoms with Gasteiger partial charge in [0.15, 0.2) is 0 Å². The third kappa shape index (κ3) is 3.43. The first-order valence-electron chi connectivity index (χ1n) is 5.94. The van der Waals surface area contributed by atoms with Crippen molar-refractivity contribution in [1.29, 1.82) is 0 Å². The molecular formula is C13H16BrClFN. The summed E-state index contributed by atoms with van der Waals surface area (Å²) in [5.41, 5.74) is 0.699. The van der Waals surface area contributed by atoms with Gasteiger partial charge >= 0.3 is 0 Å². The molecule has 2 rings (SSSR count). The molecule has 0 saturated carbocycles. The molecule has 1 unspecified atom stereocenters. The molecule has 0 aromatic heterocycles. The van der Waals surface area contributed by atoms with Crippen LogP contribution in [-0.2, 0) is 6.54 Å². The molecule has 1 aliphatic rings. The monoisotopic (exact) mass is 319 g/mol. The van der Waals surface area contributed by atoms with Crippen LogP contribution in [0.25, 0.3) is 0 Å². The average Bonchev–Trinajstić information content (AvgIpc) is 2.34. The molecule has 1 atom stereocenters. The second-order valence-electron chi connectivity index (χ2n) is 4.51. The van der Waals surface area contributed by atoms with E-state index in [1.807, 2.05) is 0 Å². The van der Waals surface area contributed by atoms with Crippen LogP contribution in [0.15, 0.2) is 18.2 Å². The fourth-order valence-electron chi connectivity index (χ4n) is 2.33. The highest BCUT2D eigenvalue weighted by molar-refractivity contribution is 9.09. The molecule has 0 radical (unpaired) electrons. The number of likely N-dealkylation sites (tertiary alicyclic amines) is 1. The summed E-state index contributed by atoms with van der Waals surface area (Å²) in [6.07, 6.45) is 3.66. The van der Waals surface area contributed by atoms with Crippen molar-refractivity contribution in [2.45, 2.75) is 31.8 Å². The lowest BCUT2D eigenvalue weighted by Crippen LogP contribution is -2.40. The third-order valence-corrected chi connectivity index (χ3v) is 4.29. The average molecular weight is 321 g/mol. The van der Waals surface area contributed by atoms with E-state index in [-0.39, 0.29) is 5.82 Å². The molecule has 0 amide bonds. The summed E-state index contributed by atoms with van der Waals surface area (Å²) in [5, 5.41) is 1.56. The first-order valence-corrected chi connectivity index (χ1v) is 7.44. The topological polar surface area (TPSA) is 3.24 Å². The maximum atomic E-state index is 13.7. The molecule has 1 heterocycles. The van der Waals surface area contributed by atoms with Crippen LogP contribution in [-0.4, -0.2) is 22.8 Å². The largest absolute Gasteiger partial charge is 0.295 e. The van der Waals surface area contributed by atoms with E-state index in [0.717, 1.165) is 11.9 Å². The van der Waals surface area contributed by atoms with E-state index < -0.39 is 0 Å². The molecule has 0 aliphatic carbocycles. The summed E-state index contributed by atoms with van der Waals surface area (Å²) >= 11 is 9.45. The summed E-state index contributed by atoms with van der Waals surface area (Å²) in [7, 11) is 0.